The van der Waals surface area contributed by atoms with E-state index in [1.54, 1.807) is 13.2 Å². The third-order valence-corrected chi connectivity index (χ3v) is 12.5. The van der Waals surface area contributed by atoms with Gasteiger partial charge >= 0.3 is 0 Å². The normalized spacial score (nSPS) is 25.2. The number of aliphatic hydroxyl groups excluding tert-OH is 2. The minimum Gasteiger partial charge on any atom is -0.410 e. The van der Waals surface area contributed by atoms with Crippen LogP contribution in [0.5, 0.6) is 0 Å². The third-order valence-electron chi connectivity index (χ3n) is 8.00. The highest BCUT2D eigenvalue weighted by Crippen LogP contribution is 2.39. The molecular formula is C30H58O5Si. The Balaban J connectivity index is 2.83. The fourth-order valence-corrected chi connectivity index (χ4v) is 5.86. The average Bonchev–Trinajstić information content (AvgIpc) is 2.74. The second-order valence-electron chi connectivity index (χ2n) is 13.0. The summed E-state index contributed by atoms with van der Waals surface area (Å²) in [4.78, 5) is 0. The molecule has 5 nitrogen and oxygen atoms in total. The van der Waals surface area contributed by atoms with Crippen LogP contribution in [0.15, 0.2) is 24.8 Å². The minimum absolute atomic E-state index is 0.0649. The molecule has 1 rings (SSSR count). The molecule has 1 aliphatic heterocycles. The van der Waals surface area contributed by atoms with Crippen LogP contribution in [0.4, 0.5) is 0 Å². The van der Waals surface area contributed by atoms with Crippen LogP contribution in [0, 0.1) is 11.8 Å². The molecule has 1 heterocycles. The summed E-state index contributed by atoms with van der Waals surface area (Å²) < 4.78 is 19.2. The van der Waals surface area contributed by atoms with Gasteiger partial charge in [0.05, 0.1) is 36.6 Å². The van der Waals surface area contributed by atoms with Crippen LogP contribution in [0.2, 0.25) is 18.1 Å². The van der Waals surface area contributed by atoms with Crippen molar-refractivity contribution >= 4 is 8.32 Å². The highest BCUT2D eigenvalue weighted by atomic mass is 28.4. The summed E-state index contributed by atoms with van der Waals surface area (Å²) in [5, 5.41) is 20.6. The van der Waals surface area contributed by atoms with Crippen molar-refractivity contribution in [2.45, 2.75) is 148 Å². The Morgan fingerprint density at radius 1 is 1.06 bits per heavy atom. The Labute approximate surface area is 223 Å². The van der Waals surface area contributed by atoms with Gasteiger partial charge in [-0.05, 0) is 68.5 Å². The lowest BCUT2D eigenvalue weighted by Crippen LogP contribution is -2.45. The van der Waals surface area contributed by atoms with Crippen molar-refractivity contribution in [3.63, 3.8) is 0 Å². The zero-order valence-corrected chi connectivity index (χ0v) is 25.8. The molecule has 0 aromatic carbocycles. The molecule has 0 saturated carbocycles. The van der Waals surface area contributed by atoms with E-state index in [1.807, 2.05) is 0 Å². The molecule has 0 aliphatic carbocycles. The SMILES string of the molecule is C=CC[C@H](O)C[C@H](O)C[C@@H](C[C@H]1O[C@H](C[C@H](/C=C/CC(C)C)O[Si](C)(C)C(C)(C)C)CC[C@@H]1C)OC. The van der Waals surface area contributed by atoms with Crippen LogP contribution < -0.4 is 0 Å². The van der Waals surface area contributed by atoms with Crippen molar-refractivity contribution in [3.8, 4) is 0 Å². The maximum atomic E-state index is 10.5. The average molecular weight is 527 g/mol. The molecule has 7 atom stereocenters. The van der Waals surface area contributed by atoms with E-state index in [-0.39, 0.29) is 29.5 Å². The van der Waals surface area contributed by atoms with Gasteiger partial charge in [-0.3, -0.25) is 0 Å². The van der Waals surface area contributed by atoms with Gasteiger partial charge in [0.1, 0.15) is 0 Å². The second kappa shape index (κ2) is 15.8. The number of hydrogen-bond acceptors (Lipinski definition) is 5. The zero-order chi connectivity index (χ0) is 27.5. The van der Waals surface area contributed by atoms with Crippen molar-refractivity contribution in [1.82, 2.24) is 0 Å². The van der Waals surface area contributed by atoms with E-state index >= 15 is 0 Å². The smallest absolute Gasteiger partial charge is 0.192 e. The van der Waals surface area contributed by atoms with E-state index in [2.05, 4.69) is 73.4 Å². The molecule has 2 N–H and O–H groups in total. The number of ether oxygens (including phenoxy) is 2. The first-order chi connectivity index (χ1) is 16.7. The Hall–Kier alpha value is -0.503. The van der Waals surface area contributed by atoms with Gasteiger partial charge in [0, 0.05) is 20.0 Å². The zero-order valence-electron chi connectivity index (χ0n) is 24.8. The van der Waals surface area contributed by atoms with Gasteiger partial charge in [-0.15, -0.1) is 6.58 Å². The molecule has 1 aliphatic rings. The first kappa shape index (κ1) is 33.5. The van der Waals surface area contributed by atoms with Crippen LogP contribution in [-0.4, -0.2) is 62.3 Å². The maximum Gasteiger partial charge on any atom is 0.192 e. The fraction of sp³-hybridized carbons (Fsp3) is 0.867. The molecule has 0 spiro atoms. The fourth-order valence-electron chi connectivity index (χ4n) is 4.58. The lowest BCUT2D eigenvalue weighted by atomic mass is 9.87. The van der Waals surface area contributed by atoms with Crippen molar-refractivity contribution < 1.29 is 24.1 Å². The van der Waals surface area contributed by atoms with E-state index in [9.17, 15) is 10.2 Å². The Kier molecular flexibility index (Phi) is 14.7. The van der Waals surface area contributed by atoms with Crippen molar-refractivity contribution in [1.29, 1.82) is 0 Å². The molecular weight excluding hydrogens is 468 g/mol. The van der Waals surface area contributed by atoms with Gasteiger partial charge in [-0.2, -0.15) is 0 Å². The molecule has 0 unspecified atom stereocenters. The molecule has 1 fully saturated rings. The molecule has 0 aromatic rings. The summed E-state index contributed by atoms with van der Waals surface area (Å²) in [5.41, 5.74) is 0. The van der Waals surface area contributed by atoms with E-state index in [0.717, 1.165) is 32.1 Å². The summed E-state index contributed by atoms with van der Waals surface area (Å²) in [6.45, 7) is 21.9. The third kappa shape index (κ3) is 12.4. The maximum absolute atomic E-state index is 10.5. The molecule has 6 heteroatoms. The van der Waals surface area contributed by atoms with Crippen LogP contribution >= 0.6 is 0 Å². The quantitative estimate of drug-likeness (QED) is 0.167. The predicted octanol–water partition coefficient (Wildman–Crippen LogP) is 7.04. The van der Waals surface area contributed by atoms with Crippen molar-refractivity contribution in [3.05, 3.63) is 24.8 Å². The summed E-state index contributed by atoms with van der Waals surface area (Å²) in [6.07, 6.45) is 11.5. The summed E-state index contributed by atoms with van der Waals surface area (Å²) >= 11 is 0. The number of hydrogen-bond donors (Lipinski definition) is 2. The van der Waals surface area contributed by atoms with Gasteiger partial charge in [0.25, 0.3) is 0 Å². The summed E-state index contributed by atoms with van der Waals surface area (Å²) in [7, 11) is -0.212. The molecule has 0 amide bonds. The predicted molar refractivity (Wildman–Crippen MR) is 154 cm³/mol. The standard InChI is InChI=1S/C30H58O5Si/c1-11-13-24(31)18-25(32)19-28(33-8)21-29-23(4)16-17-26(34-29)20-27(15-12-14-22(2)3)35-36(9,10)30(5,6)7/h11-12,15,22-29,31-32H,1,13-14,16-21H2,2-10H3/b15-12+/t23-,24-,25-,26-,27-,28-,29+/m0/s1. The van der Waals surface area contributed by atoms with Crippen LogP contribution in [0.1, 0.15) is 92.9 Å². The number of methoxy groups -OCH3 is 1. The van der Waals surface area contributed by atoms with Gasteiger partial charge in [-0.25, -0.2) is 0 Å². The summed E-state index contributed by atoms with van der Waals surface area (Å²) in [6, 6.07) is 0. The molecule has 0 bridgehead atoms. The first-order valence-electron chi connectivity index (χ1n) is 14.2. The van der Waals surface area contributed by atoms with Crippen LogP contribution in [-0.2, 0) is 13.9 Å². The Morgan fingerprint density at radius 2 is 1.72 bits per heavy atom. The van der Waals surface area contributed by atoms with E-state index < -0.39 is 20.5 Å². The number of rotatable bonds is 16. The van der Waals surface area contributed by atoms with Gasteiger partial charge in [-0.1, -0.05) is 59.8 Å². The van der Waals surface area contributed by atoms with Crippen molar-refractivity contribution in [2.24, 2.45) is 11.8 Å². The van der Waals surface area contributed by atoms with Crippen LogP contribution in [0.25, 0.3) is 0 Å². The summed E-state index contributed by atoms with van der Waals surface area (Å²) in [5.74, 6) is 1.07. The van der Waals surface area contributed by atoms with Gasteiger partial charge < -0.3 is 24.1 Å². The Morgan fingerprint density at radius 3 is 2.28 bits per heavy atom. The molecule has 212 valence electrons. The number of allylic oxidation sites excluding steroid dienone is 1. The van der Waals surface area contributed by atoms with E-state index in [4.69, 9.17) is 13.9 Å². The monoisotopic (exact) mass is 526 g/mol. The first-order valence-corrected chi connectivity index (χ1v) is 17.1. The largest absolute Gasteiger partial charge is 0.410 e. The van der Waals surface area contributed by atoms with E-state index in [1.165, 1.54) is 0 Å². The topological polar surface area (TPSA) is 68.2 Å². The molecule has 0 aromatic heterocycles. The minimum atomic E-state index is -1.91. The highest BCUT2D eigenvalue weighted by molar-refractivity contribution is 6.74. The molecule has 36 heavy (non-hydrogen) atoms. The Bertz CT molecular complexity index is 642. The lowest BCUT2D eigenvalue weighted by Gasteiger charge is -2.41. The second-order valence-corrected chi connectivity index (χ2v) is 17.7. The van der Waals surface area contributed by atoms with Gasteiger partial charge in [0.2, 0.25) is 0 Å². The van der Waals surface area contributed by atoms with Crippen LogP contribution in [0.3, 0.4) is 0 Å². The van der Waals surface area contributed by atoms with E-state index in [0.29, 0.717) is 31.1 Å². The number of aliphatic hydroxyl groups is 2. The lowest BCUT2D eigenvalue weighted by molar-refractivity contribution is -0.111. The molecule has 1 saturated heterocycles. The van der Waals surface area contributed by atoms with Crippen molar-refractivity contribution in [2.75, 3.05) is 7.11 Å². The van der Waals surface area contributed by atoms with Gasteiger partial charge in [0.15, 0.2) is 8.32 Å². The molecule has 0 radical (unpaired) electrons. The highest BCUT2D eigenvalue weighted by Gasteiger charge is 2.40.